The van der Waals surface area contributed by atoms with Gasteiger partial charge in [0.1, 0.15) is 5.75 Å². The molecule has 1 N–H and O–H groups in total. The number of rotatable bonds is 8. The van der Waals surface area contributed by atoms with Crippen LogP contribution in [-0.4, -0.2) is 31.9 Å². The highest BCUT2D eigenvalue weighted by molar-refractivity contribution is 5.84. The van der Waals surface area contributed by atoms with Crippen molar-refractivity contribution in [2.75, 3.05) is 13.7 Å². The molecule has 1 atom stereocenters. The summed E-state index contributed by atoms with van der Waals surface area (Å²) >= 11 is 0. The van der Waals surface area contributed by atoms with E-state index in [0.717, 1.165) is 16.7 Å². The number of hydrogen-bond donors (Lipinski definition) is 1. The number of amides is 1. The van der Waals surface area contributed by atoms with Gasteiger partial charge in [0, 0.05) is 0 Å². The van der Waals surface area contributed by atoms with E-state index in [9.17, 15) is 4.79 Å². The summed E-state index contributed by atoms with van der Waals surface area (Å²) in [6, 6.07) is 11.3. The molecule has 1 amide bonds. The fraction of sp³-hybridized carbons (Fsp3) is 0.333. The van der Waals surface area contributed by atoms with Gasteiger partial charge < -0.3 is 14.2 Å². The molecule has 0 aliphatic rings. The Hall–Kier alpha value is -3.02. The lowest BCUT2D eigenvalue weighted by Gasteiger charge is -2.14. The molecule has 0 fully saturated rings. The van der Waals surface area contributed by atoms with Crippen molar-refractivity contribution < 1.29 is 19.0 Å². The minimum absolute atomic E-state index is 0.330. The fourth-order valence-electron chi connectivity index (χ4n) is 2.56. The lowest BCUT2D eigenvalue weighted by Crippen LogP contribution is -2.33. The second-order valence-corrected chi connectivity index (χ2v) is 6.16. The first-order chi connectivity index (χ1) is 12.9. The molecule has 6 heteroatoms. The van der Waals surface area contributed by atoms with Gasteiger partial charge in [0.05, 0.1) is 19.9 Å². The largest absolute Gasteiger partial charge is 0.493 e. The predicted molar refractivity (Wildman–Crippen MR) is 106 cm³/mol. The second-order valence-electron chi connectivity index (χ2n) is 6.16. The van der Waals surface area contributed by atoms with Crippen molar-refractivity contribution in [2.45, 2.75) is 33.8 Å². The number of aryl methyl sites for hydroxylation is 2. The lowest BCUT2D eigenvalue weighted by molar-refractivity contribution is -0.127. The van der Waals surface area contributed by atoms with Crippen LogP contribution in [0.1, 0.15) is 30.5 Å². The molecule has 0 aromatic heterocycles. The van der Waals surface area contributed by atoms with Gasteiger partial charge in [-0.1, -0.05) is 6.07 Å². The van der Waals surface area contributed by atoms with Gasteiger partial charge in [-0.05, 0) is 74.7 Å². The molecule has 0 heterocycles. The van der Waals surface area contributed by atoms with Gasteiger partial charge in [-0.25, -0.2) is 5.43 Å². The Morgan fingerprint density at radius 3 is 2.48 bits per heavy atom. The SMILES string of the molecule is CCOc1ccc(C=NNC(=O)[C@@H](C)Oc2cc(C)cc(C)c2)cc1OC. The van der Waals surface area contributed by atoms with Crippen LogP contribution in [0, 0.1) is 13.8 Å². The zero-order chi connectivity index (χ0) is 19.8. The molecular formula is C21H26N2O4. The second kappa shape index (κ2) is 9.62. The molecule has 0 spiro atoms. The van der Waals surface area contributed by atoms with E-state index in [2.05, 4.69) is 10.5 Å². The van der Waals surface area contributed by atoms with Gasteiger partial charge in [0.2, 0.25) is 0 Å². The van der Waals surface area contributed by atoms with Crippen molar-refractivity contribution in [3.05, 3.63) is 53.1 Å². The quantitative estimate of drug-likeness (QED) is 0.569. The summed E-state index contributed by atoms with van der Waals surface area (Å²) < 4.78 is 16.5. The first kappa shape index (κ1) is 20.3. The minimum Gasteiger partial charge on any atom is -0.493 e. The first-order valence-electron chi connectivity index (χ1n) is 8.81. The molecule has 2 rings (SSSR count). The van der Waals surface area contributed by atoms with Crippen LogP contribution >= 0.6 is 0 Å². The van der Waals surface area contributed by atoms with Crippen molar-refractivity contribution in [1.29, 1.82) is 0 Å². The highest BCUT2D eigenvalue weighted by Gasteiger charge is 2.14. The van der Waals surface area contributed by atoms with Crippen LogP contribution in [0.4, 0.5) is 0 Å². The summed E-state index contributed by atoms with van der Waals surface area (Å²) in [7, 11) is 1.58. The maximum Gasteiger partial charge on any atom is 0.280 e. The lowest BCUT2D eigenvalue weighted by atomic mass is 10.1. The Balaban J connectivity index is 1.95. The Bertz CT molecular complexity index is 798. The number of ether oxygens (including phenoxy) is 3. The van der Waals surface area contributed by atoms with Crippen molar-refractivity contribution >= 4 is 12.1 Å². The normalized spacial score (nSPS) is 11.9. The van der Waals surface area contributed by atoms with Crippen LogP contribution in [0.25, 0.3) is 0 Å². The molecular weight excluding hydrogens is 344 g/mol. The van der Waals surface area contributed by atoms with E-state index < -0.39 is 6.10 Å². The van der Waals surface area contributed by atoms with Crippen molar-refractivity contribution in [2.24, 2.45) is 5.10 Å². The monoisotopic (exact) mass is 370 g/mol. The molecule has 0 radical (unpaired) electrons. The number of methoxy groups -OCH3 is 1. The zero-order valence-corrected chi connectivity index (χ0v) is 16.4. The van der Waals surface area contributed by atoms with Crippen LogP contribution in [0.5, 0.6) is 17.2 Å². The van der Waals surface area contributed by atoms with Gasteiger partial charge >= 0.3 is 0 Å². The Labute approximate surface area is 160 Å². The number of benzene rings is 2. The third-order valence-electron chi connectivity index (χ3n) is 3.75. The molecule has 27 heavy (non-hydrogen) atoms. The van der Waals surface area contributed by atoms with E-state index in [1.165, 1.54) is 0 Å². The summed E-state index contributed by atoms with van der Waals surface area (Å²) in [5, 5.41) is 3.99. The number of nitrogens with zero attached hydrogens (tertiary/aromatic N) is 1. The summed E-state index contributed by atoms with van der Waals surface area (Å²) in [5.41, 5.74) is 5.43. The standard InChI is InChI=1S/C21H26N2O4/c1-6-26-19-8-7-17(12-20(19)25-5)13-22-23-21(24)16(4)27-18-10-14(2)9-15(3)11-18/h7-13,16H,6H2,1-5H3,(H,23,24)/t16-/m1/s1. The zero-order valence-electron chi connectivity index (χ0n) is 16.4. The predicted octanol–water partition coefficient (Wildman–Crippen LogP) is 3.63. The average molecular weight is 370 g/mol. The fourth-order valence-corrected chi connectivity index (χ4v) is 2.56. The highest BCUT2D eigenvalue weighted by Crippen LogP contribution is 2.27. The molecule has 6 nitrogen and oxygen atoms in total. The first-order valence-corrected chi connectivity index (χ1v) is 8.81. The Kier molecular flexibility index (Phi) is 7.23. The molecule has 0 aliphatic carbocycles. The van der Waals surface area contributed by atoms with E-state index in [0.29, 0.717) is 23.9 Å². The van der Waals surface area contributed by atoms with Crippen LogP contribution in [0.15, 0.2) is 41.5 Å². The third-order valence-corrected chi connectivity index (χ3v) is 3.75. The smallest absolute Gasteiger partial charge is 0.280 e. The topological polar surface area (TPSA) is 69.2 Å². The maximum absolute atomic E-state index is 12.2. The van der Waals surface area contributed by atoms with Crippen LogP contribution in [0.2, 0.25) is 0 Å². The van der Waals surface area contributed by atoms with Crippen molar-refractivity contribution in [1.82, 2.24) is 5.43 Å². The van der Waals surface area contributed by atoms with Gasteiger partial charge in [0.15, 0.2) is 17.6 Å². The van der Waals surface area contributed by atoms with Gasteiger partial charge in [0.25, 0.3) is 5.91 Å². The Morgan fingerprint density at radius 1 is 1.15 bits per heavy atom. The molecule has 2 aromatic carbocycles. The van der Waals surface area contributed by atoms with E-state index in [1.807, 2.05) is 45.0 Å². The van der Waals surface area contributed by atoms with Gasteiger partial charge in [-0.3, -0.25) is 4.79 Å². The van der Waals surface area contributed by atoms with Crippen molar-refractivity contribution in [3.8, 4) is 17.2 Å². The summed E-state index contributed by atoms with van der Waals surface area (Å²) in [5.74, 6) is 1.61. The molecule has 0 aliphatic heterocycles. The van der Waals surface area contributed by atoms with E-state index in [4.69, 9.17) is 14.2 Å². The minimum atomic E-state index is -0.668. The Morgan fingerprint density at radius 2 is 1.85 bits per heavy atom. The number of hydrogen-bond acceptors (Lipinski definition) is 5. The van der Waals surface area contributed by atoms with Crippen LogP contribution in [0.3, 0.4) is 0 Å². The van der Waals surface area contributed by atoms with Crippen LogP contribution < -0.4 is 19.6 Å². The average Bonchev–Trinajstić information content (AvgIpc) is 2.62. The summed E-state index contributed by atoms with van der Waals surface area (Å²) in [6.07, 6.45) is 0.873. The van der Waals surface area contributed by atoms with Crippen LogP contribution in [-0.2, 0) is 4.79 Å². The molecule has 0 unspecified atom stereocenters. The number of carbonyl (C=O) groups is 1. The molecule has 0 bridgehead atoms. The van der Waals surface area contributed by atoms with Crippen molar-refractivity contribution in [3.63, 3.8) is 0 Å². The number of nitrogens with one attached hydrogen (secondary N) is 1. The van der Waals surface area contributed by atoms with E-state index in [-0.39, 0.29) is 5.91 Å². The molecule has 0 saturated heterocycles. The van der Waals surface area contributed by atoms with Gasteiger partial charge in [-0.15, -0.1) is 0 Å². The highest BCUT2D eigenvalue weighted by atomic mass is 16.5. The third kappa shape index (κ3) is 6.02. The molecule has 144 valence electrons. The summed E-state index contributed by atoms with van der Waals surface area (Å²) in [6.45, 7) is 8.12. The van der Waals surface area contributed by atoms with Gasteiger partial charge in [-0.2, -0.15) is 5.10 Å². The molecule has 2 aromatic rings. The molecule has 0 saturated carbocycles. The van der Waals surface area contributed by atoms with E-state index >= 15 is 0 Å². The number of carbonyl (C=O) groups excluding carboxylic acids is 1. The maximum atomic E-state index is 12.2. The van der Waals surface area contributed by atoms with E-state index in [1.54, 1.807) is 32.4 Å². The summed E-state index contributed by atoms with van der Waals surface area (Å²) in [4.78, 5) is 12.2. The number of hydrazone groups is 1.